The third-order valence-corrected chi connectivity index (χ3v) is 4.42. The van der Waals surface area contributed by atoms with Crippen LogP contribution < -0.4 is 10.7 Å². The van der Waals surface area contributed by atoms with Crippen LogP contribution in [0.3, 0.4) is 0 Å². The summed E-state index contributed by atoms with van der Waals surface area (Å²) in [6, 6.07) is 6.02. The van der Waals surface area contributed by atoms with Crippen molar-refractivity contribution in [2.75, 3.05) is 6.54 Å². The van der Waals surface area contributed by atoms with E-state index in [0.717, 1.165) is 12.8 Å². The number of hydrogen-bond donors (Lipinski definition) is 1. The number of fused-ring (bicyclic) bond motifs is 1. The number of nitrogens with one attached hydrogen (secondary N) is 1. The van der Waals surface area contributed by atoms with E-state index >= 15 is 0 Å². The van der Waals surface area contributed by atoms with Crippen molar-refractivity contribution in [2.45, 2.75) is 32.1 Å². The summed E-state index contributed by atoms with van der Waals surface area (Å²) in [5.41, 5.74) is 0.117. The lowest BCUT2D eigenvalue weighted by molar-refractivity contribution is 0.0916. The van der Waals surface area contributed by atoms with Crippen molar-refractivity contribution in [1.29, 1.82) is 0 Å². The first-order chi connectivity index (χ1) is 10.6. The first kappa shape index (κ1) is 15.1. The molecule has 5 heteroatoms. The number of amides is 1. The average molecular weight is 320 g/mol. The van der Waals surface area contributed by atoms with Crippen molar-refractivity contribution >= 4 is 28.5 Å². The molecular weight excluding hydrogens is 302 g/mol. The molecule has 1 aliphatic carbocycles. The molecule has 1 aliphatic rings. The molecule has 1 heterocycles. The molecule has 1 amide bonds. The summed E-state index contributed by atoms with van der Waals surface area (Å²) in [4.78, 5) is 24.2. The molecule has 1 saturated carbocycles. The lowest BCUT2D eigenvalue weighted by Gasteiger charge is -2.21. The van der Waals surface area contributed by atoms with E-state index in [4.69, 9.17) is 16.0 Å². The van der Waals surface area contributed by atoms with Crippen molar-refractivity contribution in [1.82, 2.24) is 5.32 Å². The number of hydrogen-bond acceptors (Lipinski definition) is 3. The minimum Gasteiger partial charge on any atom is -0.451 e. The van der Waals surface area contributed by atoms with E-state index in [1.165, 1.54) is 25.3 Å². The number of rotatable bonds is 3. The fraction of sp³-hybridized carbons (Fsp3) is 0.412. The van der Waals surface area contributed by atoms with Gasteiger partial charge in [-0.05, 0) is 37.0 Å². The molecule has 0 radical (unpaired) electrons. The van der Waals surface area contributed by atoms with Gasteiger partial charge in [-0.1, -0.05) is 30.9 Å². The molecule has 0 bridgehead atoms. The molecule has 1 fully saturated rings. The molecule has 0 atom stereocenters. The van der Waals surface area contributed by atoms with Crippen LogP contribution in [0, 0.1) is 5.92 Å². The largest absolute Gasteiger partial charge is 0.451 e. The maximum Gasteiger partial charge on any atom is 0.287 e. The van der Waals surface area contributed by atoms with Gasteiger partial charge < -0.3 is 9.73 Å². The Kier molecular flexibility index (Phi) is 4.48. The highest BCUT2D eigenvalue weighted by atomic mass is 35.5. The Morgan fingerprint density at radius 3 is 2.77 bits per heavy atom. The van der Waals surface area contributed by atoms with Gasteiger partial charge in [-0.25, -0.2) is 0 Å². The van der Waals surface area contributed by atoms with Crippen molar-refractivity contribution in [3.63, 3.8) is 0 Å². The van der Waals surface area contributed by atoms with Crippen molar-refractivity contribution in [3.8, 4) is 0 Å². The van der Waals surface area contributed by atoms with Gasteiger partial charge in [0.15, 0.2) is 11.2 Å². The fourth-order valence-corrected chi connectivity index (χ4v) is 3.13. The Labute approximate surface area is 133 Å². The van der Waals surface area contributed by atoms with Crippen LogP contribution >= 0.6 is 11.6 Å². The summed E-state index contributed by atoms with van der Waals surface area (Å²) in [5, 5.41) is 3.73. The Bertz CT molecular complexity index is 747. The quantitative estimate of drug-likeness (QED) is 0.937. The summed E-state index contributed by atoms with van der Waals surface area (Å²) < 4.78 is 5.53. The molecule has 22 heavy (non-hydrogen) atoms. The number of benzene rings is 1. The second kappa shape index (κ2) is 6.53. The zero-order valence-electron chi connectivity index (χ0n) is 12.2. The topological polar surface area (TPSA) is 59.3 Å². The lowest BCUT2D eigenvalue weighted by Crippen LogP contribution is -2.30. The van der Waals surface area contributed by atoms with Gasteiger partial charge in [-0.3, -0.25) is 9.59 Å². The van der Waals surface area contributed by atoms with E-state index in [0.29, 0.717) is 28.5 Å². The smallest absolute Gasteiger partial charge is 0.287 e. The van der Waals surface area contributed by atoms with E-state index in [1.807, 2.05) is 0 Å². The van der Waals surface area contributed by atoms with Gasteiger partial charge in [0.1, 0.15) is 5.58 Å². The molecule has 1 N–H and O–H groups in total. The highest BCUT2D eigenvalue weighted by Crippen LogP contribution is 2.23. The molecule has 4 nitrogen and oxygen atoms in total. The monoisotopic (exact) mass is 319 g/mol. The van der Waals surface area contributed by atoms with E-state index in [-0.39, 0.29) is 17.1 Å². The van der Waals surface area contributed by atoms with Gasteiger partial charge in [0.2, 0.25) is 0 Å². The van der Waals surface area contributed by atoms with Gasteiger partial charge in [0, 0.05) is 17.6 Å². The SMILES string of the molecule is O=C(NCC1CCCCC1)c1cc(=O)c2cc(Cl)ccc2o1. The molecule has 116 valence electrons. The minimum absolute atomic E-state index is 0.0515. The summed E-state index contributed by atoms with van der Waals surface area (Å²) in [6.07, 6.45) is 6.05. The van der Waals surface area contributed by atoms with Crippen LogP contribution in [0.2, 0.25) is 5.02 Å². The maximum absolute atomic E-state index is 12.2. The fourth-order valence-electron chi connectivity index (χ4n) is 2.96. The van der Waals surface area contributed by atoms with E-state index in [1.54, 1.807) is 18.2 Å². The zero-order valence-corrected chi connectivity index (χ0v) is 13.0. The number of carbonyl (C=O) groups excluding carboxylic acids is 1. The second-order valence-electron chi connectivity index (χ2n) is 5.83. The Morgan fingerprint density at radius 1 is 1.23 bits per heavy atom. The maximum atomic E-state index is 12.2. The molecule has 3 rings (SSSR count). The Balaban J connectivity index is 1.76. The van der Waals surface area contributed by atoms with Gasteiger partial charge in [0.25, 0.3) is 5.91 Å². The highest BCUT2D eigenvalue weighted by molar-refractivity contribution is 6.31. The molecule has 1 aromatic heterocycles. The van der Waals surface area contributed by atoms with E-state index < -0.39 is 0 Å². The van der Waals surface area contributed by atoms with Crippen molar-refractivity contribution < 1.29 is 9.21 Å². The molecule has 0 saturated heterocycles. The van der Waals surface area contributed by atoms with Gasteiger partial charge in [0.05, 0.1) is 5.39 Å². The van der Waals surface area contributed by atoms with Crippen molar-refractivity contribution in [2.24, 2.45) is 5.92 Å². The summed E-state index contributed by atoms with van der Waals surface area (Å²) in [5.74, 6) is 0.249. The van der Waals surface area contributed by atoms with Gasteiger partial charge in [-0.2, -0.15) is 0 Å². The predicted molar refractivity (Wildman–Crippen MR) is 86.4 cm³/mol. The van der Waals surface area contributed by atoms with Crippen LogP contribution in [0.15, 0.2) is 33.5 Å². The predicted octanol–water partition coefficient (Wildman–Crippen LogP) is 3.76. The average Bonchev–Trinajstić information content (AvgIpc) is 2.54. The third kappa shape index (κ3) is 3.33. The van der Waals surface area contributed by atoms with E-state index in [2.05, 4.69) is 5.32 Å². The molecule has 0 spiro atoms. The summed E-state index contributed by atoms with van der Waals surface area (Å²) in [6.45, 7) is 0.640. The van der Waals surface area contributed by atoms with Crippen LogP contribution in [0.1, 0.15) is 42.7 Å². The van der Waals surface area contributed by atoms with Gasteiger partial charge in [-0.15, -0.1) is 0 Å². The Morgan fingerprint density at radius 2 is 2.00 bits per heavy atom. The van der Waals surface area contributed by atoms with Crippen LogP contribution in [0.4, 0.5) is 0 Å². The van der Waals surface area contributed by atoms with Gasteiger partial charge >= 0.3 is 0 Å². The number of halogens is 1. The number of carbonyl (C=O) groups is 1. The second-order valence-corrected chi connectivity index (χ2v) is 6.27. The third-order valence-electron chi connectivity index (χ3n) is 4.19. The molecule has 1 aromatic carbocycles. The van der Waals surface area contributed by atoms with Crippen LogP contribution in [0.5, 0.6) is 0 Å². The molecule has 0 unspecified atom stereocenters. The van der Waals surface area contributed by atoms with Crippen LogP contribution in [-0.4, -0.2) is 12.5 Å². The minimum atomic E-state index is -0.334. The first-order valence-corrected chi connectivity index (χ1v) is 8.03. The first-order valence-electron chi connectivity index (χ1n) is 7.65. The molecular formula is C17H18ClNO3. The summed E-state index contributed by atoms with van der Waals surface area (Å²) in [7, 11) is 0. The van der Waals surface area contributed by atoms with E-state index in [9.17, 15) is 9.59 Å². The Hall–Kier alpha value is -1.81. The standard InChI is InChI=1S/C17H18ClNO3/c18-12-6-7-15-13(8-12)14(20)9-16(22-15)17(21)19-10-11-4-2-1-3-5-11/h6-9,11H,1-5,10H2,(H,19,21). The van der Waals surface area contributed by atoms with Crippen LogP contribution in [0.25, 0.3) is 11.0 Å². The normalized spacial score (nSPS) is 15.9. The highest BCUT2D eigenvalue weighted by Gasteiger charge is 2.17. The summed E-state index contributed by atoms with van der Waals surface area (Å²) >= 11 is 5.87. The van der Waals surface area contributed by atoms with Crippen LogP contribution in [-0.2, 0) is 0 Å². The van der Waals surface area contributed by atoms with Crippen molar-refractivity contribution in [3.05, 3.63) is 45.3 Å². The molecule has 2 aromatic rings. The zero-order chi connectivity index (χ0) is 15.5. The lowest BCUT2D eigenvalue weighted by atomic mass is 9.89. The molecule has 0 aliphatic heterocycles.